The van der Waals surface area contributed by atoms with Crippen LogP contribution >= 0.6 is 0 Å². The van der Waals surface area contributed by atoms with Crippen molar-refractivity contribution in [1.82, 2.24) is 10.9 Å². The largest absolute Gasteiger partial charge is 0.494 e. The van der Waals surface area contributed by atoms with Gasteiger partial charge in [0.1, 0.15) is 11.5 Å². The molecule has 0 saturated heterocycles. The van der Waals surface area contributed by atoms with E-state index in [-0.39, 0.29) is 0 Å². The van der Waals surface area contributed by atoms with Crippen LogP contribution in [0, 0.1) is 0 Å². The molecule has 3 rings (SSSR count). The minimum absolute atomic E-state index is 0.389. The molecule has 0 radical (unpaired) electrons. The molecule has 59 heavy (non-hydrogen) atoms. The van der Waals surface area contributed by atoms with Crippen LogP contribution in [-0.4, -0.2) is 25.0 Å². The predicted molar refractivity (Wildman–Crippen MR) is 245 cm³/mol. The third-order valence-electron chi connectivity index (χ3n) is 10.9. The first-order chi connectivity index (χ1) is 29.1. The number of hydrogen-bond acceptors (Lipinski definition) is 6. The highest BCUT2D eigenvalue weighted by atomic mass is 16.5. The summed E-state index contributed by atoms with van der Waals surface area (Å²) in [5, 5.41) is 8.62. The molecule has 2 N–H and O–H groups in total. The van der Waals surface area contributed by atoms with E-state index in [2.05, 4.69) is 34.9 Å². The van der Waals surface area contributed by atoms with Crippen LogP contribution in [0.15, 0.2) is 83.0 Å². The highest BCUT2D eigenvalue weighted by Gasteiger charge is 2.10. The summed E-state index contributed by atoms with van der Waals surface area (Å²) in [7, 11) is 0. The number of carbonyl (C=O) groups excluding carboxylic acids is 2. The number of carbonyl (C=O) groups is 2. The maximum atomic E-state index is 12.6. The first-order valence-corrected chi connectivity index (χ1v) is 23.7. The Morgan fingerprint density at radius 1 is 0.373 bits per heavy atom. The summed E-state index contributed by atoms with van der Waals surface area (Å²) in [6.07, 6.45) is 36.2. The van der Waals surface area contributed by atoms with Crippen LogP contribution in [0.1, 0.15) is 208 Å². The quantitative estimate of drug-likeness (QED) is 0.0351. The van der Waals surface area contributed by atoms with Gasteiger partial charge in [0, 0.05) is 11.1 Å². The first kappa shape index (κ1) is 49.2. The van der Waals surface area contributed by atoms with Gasteiger partial charge in [-0.05, 0) is 85.6 Å². The number of ether oxygens (including phenoxy) is 2. The zero-order chi connectivity index (χ0) is 41.9. The molecule has 2 amide bonds. The van der Waals surface area contributed by atoms with Gasteiger partial charge in [-0.3, -0.25) is 20.4 Å². The minimum Gasteiger partial charge on any atom is -0.494 e. The minimum atomic E-state index is -0.428. The van der Waals surface area contributed by atoms with Crippen LogP contribution in [0.5, 0.6) is 11.5 Å². The lowest BCUT2D eigenvalue weighted by Crippen LogP contribution is -2.41. The Labute approximate surface area is 358 Å². The maximum Gasteiger partial charge on any atom is 0.269 e. The van der Waals surface area contributed by atoms with Crippen molar-refractivity contribution in [2.75, 3.05) is 13.2 Å². The van der Waals surface area contributed by atoms with Gasteiger partial charge in [0.05, 0.1) is 24.6 Å². The van der Waals surface area contributed by atoms with E-state index in [0.29, 0.717) is 29.1 Å². The summed E-state index contributed by atoms with van der Waals surface area (Å²) < 4.78 is 11.8. The van der Waals surface area contributed by atoms with Crippen molar-refractivity contribution < 1.29 is 19.1 Å². The zero-order valence-electron chi connectivity index (χ0n) is 37.0. The van der Waals surface area contributed by atoms with Gasteiger partial charge in [-0.2, -0.15) is 10.2 Å². The van der Waals surface area contributed by atoms with E-state index in [9.17, 15) is 9.59 Å². The maximum absolute atomic E-state index is 12.6. The molecule has 3 aromatic rings. The Kier molecular flexibility index (Phi) is 28.0. The zero-order valence-corrected chi connectivity index (χ0v) is 37.0. The Morgan fingerprint density at radius 3 is 0.949 bits per heavy atom. The molecule has 0 saturated carbocycles. The fourth-order valence-corrected chi connectivity index (χ4v) is 7.16. The predicted octanol–water partition coefficient (Wildman–Crippen LogP) is 15.5. The molecule has 0 aliphatic heterocycles. The van der Waals surface area contributed by atoms with Gasteiger partial charge < -0.3 is 9.47 Å². The first-order valence-electron chi connectivity index (χ1n) is 23.7. The summed E-state index contributed by atoms with van der Waals surface area (Å²) in [5.41, 5.74) is 7.09. The number of nitrogens with zero attached hydrogens (tertiary/aromatic N) is 2. The van der Waals surface area contributed by atoms with E-state index in [4.69, 9.17) is 9.47 Å². The van der Waals surface area contributed by atoms with E-state index < -0.39 is 11.8 Å². The van der Waals surface area contributed by atoms with E-state index in [1.807, 2.05) is 24.3 Å². The molecular weight excluding hydrogens is 733 g/mol. The fraction of sp³-hybridized carbons (Fsp3) is 0.608. The highest BCUT2D eigenvalue weighted by molar-refractivity contribution is 5.99. The van der Waals surface area contributed by atoms with Crippen molar-refractivity contribution in [3.05, 3.63) is 83.9 Å². The third-order valence-corrected chi connectivity index (χ3v) is 10.9. The van der Waals surface area contributed by atoms with Crippen LogP contribution in [0.25, 0.3) is 0 Å². The summed E-state index contributed by atoms with van der Waals surface area (Å²) in [6.45, 7) is 5.91. The van der Waals surface area contributed by atoms with E-state index >= 15 is 0 Å². The Morgan fingerprint density at radius 2 is 0.627 bits per heavy atom. The Balaban J connectivity index is 1.17. The summed E-state index contributed by atoms with van der Waals surface area (Å²) in [4.78, 5) is 25.2. The standard InChI is InChI=1S/C51H78N4O4/c1-3-5-7-9-11-12-13-14-15-16-17-18-19-20-21-22-23-25-27-29-43-59-49-40-36-47(37-41-49)53-52-46-34-30-44(31-35-46)50(56)54-55-51(57)45-32-38-48(39-33-45)58-42-28-26-24-10-8-6-4-2/h30-41H,3-29,42-43H2,1-2H3,(H,54,56)(H,55,57). The third kappa shape index (κ3) is 24.5. The average molecular weight is 811 g/mol. The Hall–Kier alpha value is -4.20. The van der Waals surface area contributed by atoms with Crippen molar-refractivity contribution in [3.8, 4) is 11.5 Å². The number of benzene rings is 3. The average Bonchev–Trinajstić information content (AvgIpc) is 3.27. The molecule has 326 valence electrons. The normalized spacial score (nSPS) is 11.2. The molecule has 0 atom stereocenters. The summed E-state index contributed by atoms with van der Waals surface area (Å²) in [5.74, 6) is 0.729. The van der Waals surface area contributed by atoms with Crippen molar-refractivity contribution in [2.45, 2.75) is 187 Å². The molecule has 0 fully saturated rings. The molecule has 0 aromatic heterocycles. The van der Waals surface area contributed by atoms with Crippen LogP contribution in [0.2, 0.25) is 0 Å². The molecule has 8 heteroatoms. The second-order valence-corrected chi connectivity index (χ2v) is 16.2. The molecule has 0 bridgehead atoms. The molecule has 0 spiro atoms. The molecular formula is C51H78N4O4. The van der Waals surface area contributed by atoms with Gasteiger partial charge in [-0.15, -0.1) is 0 Å². The van der Waals surface area contributed by atoms with E-state index in [1.165, 1.54) is 161 Å². The second-order valence-electron chi connectivity index (χ2n) is 16.2. The monoisotopic (exact) mass is 811 g/mol. The van der Waals surface area contributed by atoms with Crippen LogP contribution in [-0.2, 0) is 0 Å². The smallest absolute Gasteiger partial charge is 0.269 e. The van der Waals surface area contributed by atoms with Gasteiger partial charge in [0.2, 0.25) is 0 Å². The second kappa shape index (κ2) is 33.6. The lowest BCUT2D eigenvalue weighted by atomic mass is 10.0. The number of amides is 2. The number of hydrazine groups is 1. The molecule has 0 unspecified atom stereocenters. The van der Waals surface area contributed by atoms with Gasteiger partial charge in [0.15, 0.2) is 0 Å². The number of nitrogens with one attached hydrogen (secondary N) is 2. The van der Waals surface area contributed by atoms with E-state index in [1.54, 1.807) is 48.5 Å². The molecule has 3 aromatic carbocycles. The molecule has 0 aliphatic rings. The van der Waals surface area contributed by atoms with E-state index in [0.717, 1.165) is 30.9 Å². The Bertz CT molecular complexity index is 1510. The van der Waals surface area contributed by atoms with Crippen LogP contribution < -0.4 is 20.3 Å². The van der Waals surface area contributed by atoms with Crippen molar-refractivity contribution >= 4 is 23.2 Å². The topological polar surface area (TPSA) is 101 Å². The van der Waals surface area contributed by atoms with Gasteiger partial charge >= 0.3 is 0 Å². The number of hydrogen-bond donors (Lipinski definition) is 2. The lowest BCUT2D eigenvalue weighted by Gasteiger charge is -2.09. The van der Waals surface area contributed by atoms with Crippen molar-refractivity contribution in [2.24, 2.45) is 10.2 Å². The van der Waals surface area contributed by atoms with Gasteiger partial charge in [-0.25, -0.2) is 0 Å². The van der Waals surface area contributed by atoms with Crippen molar-refractivity contribution in [1.29, 1.82) is 0 Å². The van der Waals surface area contributed by atoms with Gasteiger partial charge in [0.25, 0.3) is 11.8 Å². The van der Waals surface area contributed by atoms with Crippen molar-refractivity contribution in [3.63, 3.8) is 0 Å². The molecule has 0 aliphatic carbocycles. The number of rotatable bonds is 35. The van der Waals surface area contributed by atoms with Gasteiger partial charge in [-0.1, -0.05) is 174 Å². The number of unbranched alkanes of at least 4 members (excludes halogenated alkanes) is 25. The van der Waals surface area contributed by atoms with Crippen LogP contribution in [0.3, 0.4) is 0 Å². The highest BCUT2D eigenvalue weighted by Crippen LogP contribution is 2.23. The molecule has 0 heterocycles. The SMILES string of the molecule is CCCCCCCCCCCCCCCCCCCCCCOc1ccc(N=Nc2ccc(C(=O)NNC(=O)c3ccc(OCCCCCCCCC)cc3)cc2)cc1. The summed E-state index contributed by atoms with van der Waals surface area (Å²) in [6, 6.07) is 21.3. The number of azo groups is 1. The molecule has 8 nitrogen and oxygen atoms in total. The fourth-order valence-electron chi connectivity index (χ4n) is 7.16. The van der Waals surface area contributed by atoms with Crippen LogP contribution in [0.4, 0.5) is 11.4 Å². The summed E-state index contributed by atoms with van der Waals surface area (Å²) >= 11 is 0. The lowest BCUT2D eigenvalue weighted by molar-refractivity contribution is 0.0846.